The molecule has 1 fully saturated rings. The van der Waals surface area contributed by atoms with Crippen LogP contribution in [-0.2, 0) is 4.79 Å². The number of carbonyl (C=O) groups excluding carboxylic acids is 1. The van der Waals surface area contributed by atoms with E-state index in [1.807, 2.05) is 30.0 Å². The summed E-state index contributed by atoms with van der Waals surface area (Å²) in [6.45, 7) is 9.34. The molecule has 1 amide bonds. The molecule has 4 heteroatoms. The summed E-state index contributed by atoms with van der Waals surface area (Å²) in [6, 6.07) is 7.95. The zero-order valence-electron chi connectivity index (χ0n) is 12.6. The summed E-state index contributed by atoms with van der Waals surface area (Å²) < 4.78 is 5.91. The van der Waals surface area contributed by atoms with Crippen molar-refractivity contribution in [2.75, 3.05) is 26.2 Å². The highest BCUT2D eigenvalue weighted by atomic mass is 16.5. The van der Waals surface area contributed by atoms with Crippen LogP contribution < -0.4 is 10.1 Å². The molecule has 0 aliphatic carbocycles. The molecule has 2 rings (SSSR count). The topological polar surface area (TPSA) is 41.6 Å². The molecule has 0 saturated carbocycles. The van der Waals surface area contributed by atoms with Gasteiger partial charge in [-0.25, -0.2) is 0 Å². The van der Waals surface area contributed by atoms with Gasteiger partial charge in [-0.05, 0) is 24.5 Å². The number of hydrogen-bond acceptors (Lipinski definition) is 3. The number of nitrogens with one attached hydrogen (secondary N) is 1. The number of nitrogens with zero attached hydrogens (tertiary/aromatic N) is 1. The number of ether oxygens (including phenoxy) is 1. The third kappa shape index (κ3) is 3.51. The zero-order chi connectivity index (χ0) is 14.5. The molecule has 0 bridgehead atoms. The number of carbonyl (C=O) groups is 1. The molecule has 1 N–H and O–H groups in total. The molecular formula is C16H24N2O2. The van der Waals surface area contributed by atoms with Crippen LogP contribution in [0.3, 0.4) is 0 Å². The molecule has 1 unspecified atom stereocenters. The van der Waals surface area contributed by atoms with E-state index in [-0.39, 0.29) is 5.91 Å². The highest BCUT2D eigenvalue weighted by Crippen LogP contribution is 2.26. The number of para-hydroxylation sites is 1. The minimum absolute atomic E-state index is 0.0741. The van der Waals surface area contributed by atoms with E-state index >= 15 is 0 Å². The maximum Gasteiger partial charge on any atom is 0.263 e. The van der Waals surface area contributed by atoms with E-state index in [0.717, 1.165) is 37.5 Å². The van der Waals surface area contributed by atoms with Gasteiger partial charge in [-0.3, -0.25) is 4.79 Å². The summed E-state index contributed by atoms with van der Waals surface area (Å²) in [4.78, 5) is 14.2. The molecule has 20 heavy (non-hydrogen) atoms. The molecule has 1 saturated heterocycles. The fourth-order valence-corrected chi connectivity index (χ4v) is 2.45. The summed E-state index contributed by atoms with van der Waals surface area (Å²) in [6.07, 6.45) is -0.437. The average molecular weight is 276 g/mol. The Morgan fingerprint density at radius 3 is 2.50 bits per heavy atom. The van der Waals surface area contributed by atoms with E-state index in [4.69, 9.17) is 4.74 Å². The normalized spacial score (nSPS) is 17.1. The van der Waals surface area contributed by atoms with Crippen molar-refractivity contribution < 1.29 is 9.53 Å². The average Bonchev–Trinajstić information content (AvgIpc) is 2.47. The largest absolute Gasteiger partial charge is 0.481 e. The maximum atomic E-state index is 12.4. The quantitative estimate of drug-likeness (QED) is 0.914. The van der Waals surface area contributed by atoms with Gasteiger partial charge in [-0.15, -0.1) is 0 Å². The smallest absolute Gasteiger partial charge is 0.263 e. The zero-order valence-corrected chi connectivity index (χ0v) is 12.6. The lowest BCUT2D eigenvalue weighted by Crippen LogP contribution is -2.50. The van der Waals surface area contributed by atoms with E-state index in [1.54, 1.807) is 0 Å². The second kappa shape index (κ2) is 6.75. The molecule has 0 radical (unpaired) electrons. The van der Waals surface area contributed by atoms with E-state index in [0.29, 0.717) is 5.92 Å². The van der Waals surface area contributed by atoms with Crippen LogP contribution in [0.2, 0.25) is 0 Å². The molecule has 0 aromatic heterocycles. The Bertz CT molecular complexity index is 454. The monoisotopic (exact) mass is 276 g/mol. The van der Waals surface area contributed by atoms with Gasteiger partial charge in [0.15, 0.2) is 6.10 Å². The van der Waals surface area contributed by atoms with Gasteiger partial charge in [0, 0.05) is 26.2 Å². The van der Waals surface area contributed by atoms with Crippen molar-refractivity contribution in [1.29, 1.82) is 0 Å². The predicted octanol–water partition coefficient (Wildman–Crippen LogP) is 2.01. The summed E-state index contributed by atoms with van der Waals surface area (Å²) >= 11 is 0. The van der Waals surface area contributed by atoms with Gasteiger partial charge in [0.05, 0.1) is 0 Å². The number of piperazine rings is 1. The third-order valence-corrected chi connectivity index (χ3v) is 3.62. The number of hydrogen-bond donors (Lipinski definition) is 1. The molecule has 110 valence electrons. The van der Waals surface area contributed by atoms with Gasteiger partial charge in [0.25, 0.3) is 5.91 Å². The van der Waals surface area contributed by atoms with Gasteiger partial charge in [-0.2, -0.15) is 0 Å². The fraction of sp³-hybridized carbons (Fsp3) is 0.562. The maximum absolute atomic E-state index is 12.4. The highest BCUT2D eigenvalue weighted by Gasteiger charge is 2.24. The van der Waals surface area contributed by atoms with Crippen LogP contribution in [0.4, 0.5) is 0 Å². The first kappa shape index (κ1) is 14.9. The minimum atomic E-state index is -0.437. The first-order valence-corrected chi connectivity index (χ1v) is 7.34. The molecule has 1 aliphatic rings. The molecule has 0 spiro atoms. The summed E-state index contributed by atoms with van der Waals surface area (Å²) in [7, 11) is 0. The van der Waals surface area contributed by atoms with Gasteiger partial charge in [-0.1, -0.05) is 32.0 Å². The lowest BCUT2D eigenvalue weighted by molar-refractivity contribution is -0.138. The number of rotatable bonds is 4. The molecule has 1 aromatic carbocycles. The second-order valence-electron chi connectivity index (χ2n) is 5.53. The third-order valence-electron chi connectivity index (χ3n) is 3.62. The van der Waals surface area contributed by atoms with E-state index < -0.39 is 6.10 Å². The summed E-state index contributed by atoms with van der Waals surface area (Å²) in [5, 5.41) is 3.25. The van der Waals surface area contributed by atoms with Crippen LogP contribution in [0, 0.1) is 0 Å². The Morgan fingerprint density at radius 1 is 1.20 bits per heavy atom. The molecule has 1 aromatic rings. The first-order valence-electron chi connectivity index (χ1n) is 7.34. The SMILES string of the molecule is CC(Oc1ccccc1C(C)C)C(=O)N1CCNCC1. The Kier molecular flexibility index (Phi) is 5.01. The molecule has 4 nitrogen and oxygen atoms in total. The molecule has 1 atom stereocenters. The number of benzene rings is 1. The first-order chi connectivity index (χ1) is 9.59. The van der Waals surface area contributed by atoms with Crippen molar-refractivity contribution in [3.63, 3.8) is 0 Å². The van der Waals surface area contributed by atoms with Crippen molar-refractivity contribution in [3.8, 4) is 5.75 Å². The molecule has 1 aliphatic heterocycles. The van der Waals surface area contributed by atoms with E-state index in [1.165, 1.54) is 0 Å². The van der Waals surface area contributed by atoms with Crippen molar-refractivity contribution in [1.82, 2.24) is 10.2 Å². The predicted molar refractivity (Wildman–Crippen MR) is 80.1 cm³/mol. The Labute approximate surface area is 121 Å². The standard InChI is InChI=1S/C16H24N2O2/c1-12(2)14-6-4-5-7-15(14)20-13(3)16(19)18-10-8-17-9-11-18/h4-7,12-13,17H,8-11H2,1-3H3. The Morgan fingerprint density at radius 2 is 1.85 bits per heavy atom. The number of amides is 1. The lowest BCUT2D eigenvalue weighted by atomic mass is 10.0. The van der Waals surface area contributed by atoms with E-state index in [9.17, 15) is 4.79 Å². The lowest BCUT2D eigenvalue weighted by Gasteiger charge is -2.30. The summed E-state index contributed by atoms with van der Waals surface area (Å²) in [5.41, 5.74) is 1.15. The highest BCUT2D eigenvalue weighted by molar-refractivity contribution is 5.81. The molecule has 1 heterocycles. The van der Waals surface area contributed by atoms with Gasteiger partial charge in [0.2, 0.25) is 0 Å². The summed E-state index contributed by atoms with van der Waals surface area (Å²) in [5.74, 6) is 1.27. The Balaban J connectivity index is 2.03. The van der Waals surface area contributed by atoms with Crippen molar-refractivity contribution in [2.24, 2.45) is 0 Å². The van der Waals surface area contributed by atoms with Crippen LogP contribution in [0.5, 0.6) is 5.75 Å². The van der Waals surface area contributed by atoms with Crippen LogP contribution >= 0.6 is 0 Å². The minimum Gasteiger partial charge on any atom is -0.481 e. The van der Waals surface area contributed by atoms with Crippen molar-refractivity contribution in [2.45, 2.75) is 32.8 Å². The van der Waals surface area contributed by atoms with Crippen molar-refractivity contribution in [3.05, 3.63) is 29.8 Å². The second-order valence-corrected chi connectivity index (χ2v) is 5.53. The van der Waals surface area contributed by atoms with Gasteiger partial charge in [0.1, 0.15) is 5.75 Å². The van der Waals surface area contributed by atoms with Gasteiger partial charge < -0.3 is 15.0 Å². The van der Waals surface area contributed by atoms with Crippen LogP contribution in [0.25, 0.3) is 0 Å². The Hall–Kier alpha value is -1.55. The molecular weight excluding hydrogens is 252 g/mol. The fourth-order valence-electron chi connectivity index (χ4n) is 2.45. The van der Waals surface area contributed by atoms with Crippen molar-refractivity contribution >= 4 is 5.91 Å². The van der Waals surface area contributed by atoms with Crippen LogP contribution in [-0.4, -0.2) is 43.1 Å². The van der Waals surface area contributed by atoms with Gasteiger partial charge >= 0.3 is 0 Å². The van der Waals surface area contributed by atoms with Crippen LogP contribution in [0.15, 0.2) is 24.3 Å². The van der Waals surface area contributed by atoms with E-state index in [2.05, 4.69) is 25.2 Å². The van der Waals surface area contributed by atoms with Crippen LogP contribution in [0.1, 0.15) is 32.3 Å².